The fourth-order valence-electron chi connectivity index (χ4n) is 3.50. The van der Waals surface area contributed by atoms with Crippen molar-refractivity contribution in [3.8, 4) is 0 Å². The van der Waals surface area contributed by atoms with Gasteiger partial charge in [0.05, 0.1) is 12.2 Å². The normalized spacial score (nSPS) is 33.0. The standard InChI is InChI=1S/C15H29NO2/c1-14(2)6-8-15(17-3,9-7-14)13(16)12-5-4-10-18-11-12/h12-13H,4-11,16H2,1-3H3. The third-order valence-corrected chi connectivity index (χ3v) is 5.17. The van der Waals surface area contributed by atoms with Crippen LogP contribution in [0.2, 0.25) is 0 Å². The number of hydrogen-bond donors (Lipinski definition) is 1. The summed E-state index contributed by atoms with van der Waals surface area (Å²) in [5.41, 5.74) is 6.89. The molecule has 2 N–H and O–H groups in total. The second kappa shape index (κ2) is 5.48. The fourth-order valence-corrected chi connectivity index (χ4v) is 3.50. The lowest BCUT2D eigenvalue weighted by molar-refractivity contribution is -0.103. The molecule has 0 spiro atoms. The number of rotatable bonds is 3. The molecule has 2 unspecified atom stereocenters. The van der Waals surface area contributed by atoms with Crippen molar-refractivity contribution >= 4 is 0 Å². The molecule has 2 fully saturated rings. The van der Waals surface area contributed by atoms with Gasteiger partial charge < -0.3 is 15.2 Å². The molecule has 2 atom stereocenters. The van der Waals surface area contributed by atoms with Gasteiger partial charge in [-0.1, -0.05) is 13.8 Å². The summed E-state index contributed by atoms with van der Waals surface area (Å²) in [6.07, 6.45) is 6.94. The highest BCUT2D eigenvalue weighted by molar-refractivity contribution is 5.00. The molecule has 1 saturated carbocycles. The van der Waals surface area contributed by atoms with Gasteiger partial charge in [-0.3, -0.25) is 0 Å². The summed E-state index contributed by atoms with van der Waals surface area (Å²) in [6.45, 7) is 6.41. The third kappa shape index (κ3) is 2.89. The number of hydrogen-bond acceptors (Lipinski definition) is 3. The Morgan fingerprint density at radius 2 is 1.89 bits per heavy atom. The number of nitrogens with two attached hydrogens (primary N) is 1. The van der Waals surface area contributed by atoms with Crippen LogP contribution in [0, 0.1) is 11.3 Å². The van der Waals surface area contributed by atoms with Gasteiger partial charge in [0.1, 0.15) is 0 Å². The smallest absolute Gasteiger partial charge is 0.0832 e. The minimum Gasteiger partial charge on any atom is -0.381 e. The largest absolute Gasteiger partial charge is 0.381 e. The molecular formula is C15H29NO2. The van der Waals surface area contributed by atoms with Gasteiger partial charge in [0.15, 0.2) is 0 Å². The SMILES string of the molecule is COC1(C(N)C2CCCOC2)CCC(C)(C)CC1. The molecule has 0 amide bonds. The van der Waals surface area contributed by atoms with E-state index < -0.39 is 0 Å². The average molecular weight is 255 g/mol. The maximum absolute atomic E-state index is 6.55. The molecule has 1 heterocycles. The first kappa shape index (κ1) is 14.3. The first-order valence-electron chi connectivity index (χ1n) is 7.38. The van der Waals surface area contributed by atoms with Crippen LogP contribution in [0.1, 0.15) is 52.4 Å². The molecule has 1 saturated heterocycles. The molecule has 106 valence electrons. The Balaban J connectivity index is 2.02. The van der Waals surface area contributed by atoms with E-state index in [0.717, 1.165) is 32.5 Å². The molecule has 2 rings (SSSR count). The molecule has 0 aromatic heterocycles. The molecule has 0 aromatic carbocycles. The molecule has 0 radical (unpaired) electrons. The van der Waals surface area contributed by atoms with Crippen molar-refractivity contribution in [2.45, 2.75) is 64.0 Å². The van der Waals surface area contributed by atoms with Gasteiger partial charge >= 0.3 is 0 Å². The van der Waals surface area contributed by atoms with Gasteiger partial charge in [-0.25, -0.2) is 0 Å². The number of ether oxygens (including phenoxy) is 2. The summed E-state index contributed by atoms with van der Waals surface area (Å²) < 4.78 is 11.5. The first-order chi connectivity index (χ1) is 8.49. The van der Waals surface area contributed by atoms with E-state index >= 15 is 0 Å². The van der Waals surface area contributed by atoms with Crippen LogP contribution in [0.5, 0.6) is 0 Å². The van der Waals surface area contributed by atoms with Crippen molar-refractivity contribution in [2.75, 3.05) is 20.3 Å². The minimum absolute atomic E-state index is 0.110. The maximum Gasteiger partial charge on any atom is 0.0832 e. The van der Waals surface area contributed by atoms with E-state index in [1.54, 1.807) is 0 Å². The second-order valence-electron chi connectivity index (χ2n) is 6.94. The third-order valence-electron chi connectivity index (χ3n) is 5.17. The predicted molar refractivity (Wildman–Crippen MR) is 73.5 cm³/mol. The first-order valence-corrected chi connectivity index (χ1v) is 7.38. The van der Waals surface area contributed by atoms with Crippen molar-refractivity contribution in [1.82, 2.24) is 0 Å². The van der Waals surface area contributed by atoms with Crippen molar-refractivity contribution in [1.29, 1.82) is 0 Å². The van der Waals surface area contributed by atoms with Gasteiger partial charge in [0.2, 0.25) is 0 Å². The monoisotopic (exact) mass is 255 g/mol. The van der Waals surface area contributed by atoms with Crippen molar-refractivity contribution in [2.24, 2.45) is 17.1 Å². The van der Waals surface area contributed by atoms with E-state index in [-0.39, 0.29) is 11.6 Å². The summed E-state index contributed by atoms with van der Waals surface area (Å²) in [5.74, 6) is 0.472. The molecule has 3 heteroatoms. The molecule has 1 aliphatic heterocycles. The summed E-state index contributed by atoms with van der Waals surface area (Å²) in [5, 5.41) is 0. The Labute approximate surface area is 111 Å². The summed E-state index contributed by atoms with van der Waals surface area (Å²) in [7, 11) is 1.84. The van der Waals surface area contributed by atoms with Gasteiger partial charge in [0, 0.05) is 25.7 Å². The van der Waals surface area contributed by atoms with E-state index in [4.69, 9.17) is 15.2 Å². The predicted octanol–water partition coefficient (Wildman–Crippen LogP) is 2.73. The van der Waals surface area contributed by atoms with Crippen LogP contribution >= 0.6 is 0 Å². The van der Waals surface area contributed by atoms with Crippen LogP contribution in [-0.2, 0) is 9.47 Å². The maximum atomic E-state index is 6.55. The van der Waals surface area contributed by atoms with Crippen LogP contribution in [0.25, 0.3) is 0 Å². The lowest BCUT2D eigenvalue weighted by Gasteiger charge is -2.48. The Bertz CT molecular complexity index is 262. The quantitative estimate of drug-likeness (QED) is 0.843. The van der Waals surface area contributed by atoms with Gasteiger partial charge in [0.25, 0.3) is 0 Å². The zero-order valence-corrected chi connectivity index (χ0v) is 12.2. The van der Waals surface area contributed by atoms with Crippen molar-refractivity contribution < 1.29 is 9.47 Å². The molecule has 3 nitrogen and oxygen atoms in total. The molecule has 2 aliphatic rings. The van der Waals surface area contributed by atoms with Crippen LogP contribution in [-0.4, -0.2) is 32.0 Å². The highest BCUT2D eigenvalue weighted by atomic mass is 16.5. The molecule has 0 bridgehead atoms. The summed E-state index contributed by atoms with van der Waals surface area (Å²) in [4.78, 5) is 0. The number of methoxy groups -OCH3 is 1. The molecule has 0 aromatic rings. The second-order valence-corrected chi connectivity index (χ2v) is 6.94. The van der Waals surface area contributed by atoms with E-state index in [9.17, 15) is 0 Å². The van der Waals surface area contributed by atoms with Crippen LogP contribution < -0.4 is 5.73 Å². The Kier molecular flexibility index (Phi) is 4.35. The minimum atomic E-state index is -0.110. The Morgan fingerprint density at radius 3 is 2.39 bits per heavy atom. The van der Waals surface area contributed by atoms with E-state index in [1.165, 1.54) is 19.3 Å². The lowest BCUT2D eigenvalue weighted by Crippen LogP contribution is -2.57. The average Bonchev–Trinajstić information content (AvgIpc) is 2.40. The molecule has 1 aliphatic carbocycles. The highest BCUT2D eigenvalue weighted by Gasteiger charge is 2.45. The van der Waals surface area contributed by atoms with Crippen LogP contribution in [0.15, 0.2) is 0 Å². The highest BCUT2D eigenvalue weighted by Crippen LogP contribution is 2.44. The van der Waals surface area contributed by atoms with Gasteiger partial charge in [-0.2, -0.15) is 0 Å². The van der Waals surface area contributed by atoms with Gasteiger partial charge in [-0.05, 0) is 43.9 Å². The zero-order chi connectivity index (χ0) is 13.2. The van der Waals surface area contributed by atoms with E-state index in [0.29, 0.717) is 11.3 Å². The molecule has 18 heavy (non-hydrogen) atoms. The van der Waals surface area contributed by atoms with Crippen LogP contribution in [0.4, 0.5) is 0 Å². The Hall–Kier alpha value is -0.120. The van der Waals surface area contributed by atoms with Crippen molar-refractivity contribution in [3.05, 3.63) is 0 Å². The van der Waals surface area contributed by atoms with Gasteiger partial charge in [-0.15, -0.1) is 0 Å². The van der Waals surface area contributed by atoms with E-state index in [1.807, 2.05) is 7.11 Å². The van der Waals surface area contributed by atoms with Crippen LogP contribution in [0.3, 0.4) is 0 Å². The van der Waals surface area contributed by atoms with Crippen molar-refractivity contribution in [3.63, 3.8) is 0 Å². The zero-order valence-electron chi connectivity index (χ0n) is 12.2. The lowest BCUT2D eigenvalue weighted by atomic mass is 9.66. The fraction of sp³-hybridized carbons (Fsp3) is 1.00. The summed E-state index contributed by atoms with van der Waals surface area (Å²) in [6, 6.07) is 0.124. The van der Waals surface area contributed by atoms with E-state index in [2.05, 4.69) is 13.8 Å². The Morgan fingerprint density at radius 1 is 1.22 bits per heavy atom. The summed E-state index contributed by atoms with van der Waals surface area (Å²) >= 11 is 0. The molecular weight excluding hydrogens is 226 g/mol. The topological polar surface area (TPSA) is 44.5 Å².